The third-order valence-electron chi connectivity index (χ3n) is 5.82. The molecule has 3 aromatic rings. The molecule has 0 radical (unpaired) electrons. The Bertz CT molecular complexity index is 1070. The van der Waals surface area contributed by atoms with E-state index in [0.717, 1.165) is 29.6 Å². The number of aliphatic hydroxyl groups is 1. The number of hydrogen-bond donors (Lipinski definition) is 3. The number of likely N-dealkylation sites (tertiary alicyclic amines) is 1. The number of aromatic amines is 1. The maximum atomic E-state index is 13.2. The standard InChI is InChI=1S/C21H28N6O2/c1-13-6-5-7-14-12-16(20(29)22-17(13)14)18(26-10-8-15(28)9-11-26)19-23-24-25-27(19)21(2,3)4/h5-7,12,15,18,28H,8-11H2,1-4H3,(H,22,29)/p+1/t18-/m1/s1. The van der Waals surface area contributed by atoms with Crippen LogP contribution in [0.5, 0.6) is 0 Å². The SMILES string of the molecule is Cc1cccc2cc([C@H](c3nnnn3C(C)(C)C)[NH+]3CCC(O)CC3)c(=O)[nH]c12. The lowest BCUT2D eigenvalue weighted by Crippen LogP contribution is -3.14. The van der Waals surface area contributed by atoms with Crippen molar-refractivity contribution in [2.45, 2.75) is 58.2 Å². The molecule has 4 rings (SSSR count). The second-order valence-corrected chi connectivity index (χ2v) is 9.04. The summed E-state index contributed by atoms with van der Waals surface area (Å²) in [5.41, 5.74) is 2.13. The van der Waals surface area contributed by atoms with Gasteiger partial charge >= 0.3 is 0 Å². The minimum atomic E-state index is -0.313. The van der Waals surface area contributed by atoms with E-state index in [4.69, 9.17) is 0 Å². The summed E-state index contributed by atoms with van der Waals surface area (Å²) in [5, 5.41) is 23.5. The Kier molecular flexibility index (Phi) is 5.00. The summed E-state index contributed by atoms with van der Waals surface area (Å²) in [6.07, 6.45) is 1.12. The number of hydrogen-bond acceptors (Lipinski definition) is 5. The number of benzene rings is 1. The molecule has 0 aliphatic carbocycles. The van der Waals surface area contributed by atoms with Gasteiger partial charge in [0.25, 0.3) is 5.56 Å². The van der Waals surface area contributed by atoms with Crippen LogP contribution in [0.15, 0.2) is 29.1 Å². The maximum Gasteiger partial charge on any atom is 0.258 e. The molecule has 8 nitrogen and oxygen atoms in total. The molecular formula is C21H29N6O2+. The zero-order chi connectivity index (χ0) is 20.8. The molecule has 0 unspecified atom stereocenters. The lowest BCUT2D eigenvalue weighted by Gasteiger charge is -2.33. The van der Waals surface area contributed by atoms with Crippen LogP contribution in [0.3, 0.4) is 0 Å². The van der Waals surface area contributed by atoms with Gasteiger partial charge in [0.05, 0.1) is 35.8 Å². The van der Waals surface area contributed by atoms with Crippen molar-refractivity contribution in [1.82, 2.24) is 25.2 Å². The maximum absolute atomic E-state index is 13.2. The lowest BCUT2D eigenvalue weighted by molar-refractivity contribution is -0.932. The van der Waals surface area contributed by atoms with Gasteiger partial charge in [0.15, 0.2) is 6.04 Å². The molecule has 0 saturated carbocycles. The highest BCUT2D eigenvalue weighted by Gasteiger charge is 2.38. The topological polar surface area (TPSA) is 101 Å². The van der Waals surface area contributed by atoms with Crippen LogP contribution in [0.25, 0.3) is 10.9 Å². The minimum absolute atomic E-state index is 0.112. The van der Waals surface area contributed by atoms with Crippen LogP contribution in [0.4, 0.5) is 0 Å². The number of piperidine rings is 1. The molecule has 1 atom stereocenters. The monoisotopic (exact) mass is 397 g/mol. The van der Waals surface area contributed by atoms with Gasteiger partial charge < -0.3 is 15.0 Å². The third-order valence-corrected chi connectivity index (χ3v) is 5.82. The fourth-order valence-corrected chi connectivity index (χ4v) is 4.27. The highest BCUT2D eigenvalue weighted by molar-refractivity contribution is 5.82. The Labute approximate surface area is 169 Å². The van der Waals surface area contributed by atoms with Crippen molar-refractivity contribution >= 4 is 10.9 Å². The van der Waals surface area contributed by atoms with Crippen LogP contribution in [0.2, 0.25) is 0 Å². The molecule has 3 heterocycles. The number of H-pyrrole nitrogens is 1. The Hall–Kier alpha value is -2.58. The first kappa shape index (κ1) is 19.7. The molecule has 0 spiro atoms. The lowest BCUT2D eigenvalue weighted by atomic mass is 9.98. The molecule has 1 aromatic carbocycles. The molecule has 1 aliphatic heterocycles. The van der Waals surface area contributed by atoms with E-state index >= 15 is 0 Å². The van der Waals surface area contributed by atoms with Crippen molar-refractivity contribution in [2.24, 2.45) is 0 Å². The van der Waals surface area contributed by atoms with Crippen LogP contribution >= 0.6 is 0 Å². The number of tetrazole rings is 1. The van der Waals surface area contributed by atoms with Gasteiger partial charge in [-0.1, -0.05) is 18.2 Å². The van der Waals surface area contributed by atoms with Crippen molar-refractivity contribution in [3.8, 4) is 0 Å². The summed E-state index contributed by atoms with van der Waals surface area (Å²) < 4.78 is 1.82. The predicted octanol–water partition coefficient (Wildman–Crippen LogP) is 0.707. The van der Waals surface area contributed by atoms with Gasteiger partial charge in [0.1, 0.15) is 0 Å². The molecule has 0 bridgehead atoms. The first-order valence-electron chi connectivity index (χ1n) is 10.2. The zero-order valence-corrected chi connectivity index (χ0v) is 17.4. The molecule has 1 fully saturated rings. The largest absolute Gasteiger partial charge is 0.393 e. The summed E-state index contributed by atoms with van der Waals surface area (Å²) in [7, 11) is 0. The van der Waals surface area contributed by atoms with Crippen molar-refractivity contribution in [1.29, 1.82) is 0 Å². The number of para-hydroxylation sites is 1. The number of fused-ring (bicyclic) bond motifs is 1. The van der Waals surface area contributed by atoms with Gasteiger partial charge in [-0.15, -0.1) is 5.10 Å². The average molecular weight is 398 g/mol. The number of nitrogens with one attached hydrogen (secondary N) is 2. The number of pyridine rings is 1. The Balaban J connectivity index is 1.90. The molecule has 1 aliphatic rings. The third kappa shape index (κ3) is 3.70. The fraction of sp³-hybridized carbons (Fsp3) is 0.524. The number of quaternary nitrogens is 1. The molecular weight excluding hydrogens is 368 g/mol. The Morgan fingerprint density at radius 2 is 2.00 bits per heavy atom. The summed E-state index contributed by atoms with van der Waals surface area (Å²) in [6.45, 7) is 9.66. The molecule has 8 heteroatoms. The summed E-state index contributed by atoms with van der Waals surface area (Å²) in [6, 6.07) is 7.68. The van der Waals surface area contributed by atoms with Gasteiger partial charge in [-0.2, -0.15) is 0 Å². The summed E-state index contributed by atoms with van der Waals surface area (Å²) in [4.78, 5) is 17.5. The second-order valence-electron chi connectivity index (χ2n) is 9.04. The second kappa shape index (κ2) is 7.35. The van der Waals surface area contributed by atoms with Crippen LogP contribution in [0, 0.1) is 6.92 Å². The Morgan fingerprint density at radius 3 is 2.69 bits per heavy atom. The van der Waals surface area contributed by atoms with Crippen LogP contribution in [-0.2, 0) is 5.54 Å². The first-order valence-corrected chi connectivity index (χ1v) is 10.2. The molecule has 0 amide bonds. The highest BCUT2D eigenvalue weighted by atomic mass is 16.3. The zero-order valence-electron chi connectivity index (χ0n) is 17.4. The smallest absolute Gasteiger partial charge is 0.258 e. The Morgan fingerprint density at radius 1 is 1.28 bits per heavy atom. The van der Waals surface area contributed by atoms with Crippen LogP contribution in [-0.4, -0.2) is 49.5 Å². The van der Waals surface area contributed by atoms with Gasteiger partial charge in [0.2, 0.25) is 5.82 Å². The van der Waals surface area contributed by atoms with E-state index in [1.165, 1.54) is 4.90 Å². The number of aliphatic hydroxyl groups excluding tert-OH is 1. The highest BCUT2D eigenvalue weighted by Crippen LogP contribution is 2.23. The van der Waals surface area contributed by atoms with E-state index in [9.17, 15) is 9.90 Å². The van der Waals surface area contributed by atoms with Gasteiger partial charge in [-0.3, -0.25) is 4.79 Å². The fourth-order valence-electron chi connectivity index (χ4n) is 4.27. The van der Waals surface area contributed by atoms with Gasteiger partial charge in [0, 0.05) is 12.8 Å². The molecule has 154 valence electrons. The number of nitrogens with zero attached hydrogens (tertiary/aromatic N) is 4. The summed E-state index contributed by atoms with van der Waals surface area (Å²) in [5.74, 6) is 0.682. The first-order chi connectivity index (χ1) is 13.8. The minimum Gasteiger partial charge on any atom is -0.393 e. The van der Waals surface area contributed by atoms with E-state index in [-0.39, 0.29) is 23.2 Å². The quantitative estimate of drug-likeness (QED) is 0.604. The van der Waals surface area contributed by atoms with Crippen molar-refractivity contribution in [2.75, 3.05) is 13.1 Å². The number of aromatic nitrogens is 5. The average Bonchev–Trinajstić information content (AvgIpc) is 3.15. The van der Waals surface area contributed by atoms with Gasteiger partial charge in [-0.05, 0) is 55.1 Å². The van der Waals surface area contributed by atoms with Crippen molar-refractivity contribution < 1.29 is 10.0 Å². The number of aryl methyl sites for hydroxylation is 1. The van der Waals surface area contributed by atoms with Crippen molar-refractivity contribution in [3.63, 3.8) is 0 Å². The van der Waals surface area contributed by atoms with Crippen molar-refractivity contribution in [3.05, 3.63) is 51.6 Å². The molecule has 3 N–H and O–H groups in total. The van der Waals surface area contributed by atoms with Crippen LogP contribution < -0.4 is 10.5 Å². The number of rotatable bonds is 3. The molecule has 2 aromatic heterocycles. The summed E-state index contributed by atoms with van der Waals surface area (Å²) >= 11 is 0. The van der Waals surface area contributed by atoms with Gasteiger partial charge in [-0.25, -0.2) is 4.68 Å². The van der Waals surface area contributed by atoms with E-state index < -0.39 is 0 Å². The van der Waals surface area contributed by atoms with Crippen LogP contribution in [0.1, 0.15) is 56.6 Å². The molecule has 1 saturated heterocycles. The van der Waals surface area contributed by atoms with E-state index in [2.05, 4.69) is 20.5 Å². The van der Waals surface area contributed by atoms with E-state index in [1.54, 1.807) is 0 Å². The van der Waals surface area contributed by atoms with E-state index in [1.807, 2.05) is 56.6 Å². The normalized spacial score (nSPS) is 21.4. The van der Waals surface area contributed by atoms with E-state index in [0.29, 0.717) is 24.2 Å². The predicted molar refractivity (Wildman–Crippen MR) is 110 cm³/mol. The molecule has 29 heavy (non-hydrogen) atoms.